The number of benzene rings is 3. The molecule has 1 aliphatic rings. The van der Waals surface area contributed by atoms with Crippen molar-refractivity contribution < 1.29 is 28.2 Å². The lowest BCUT2D eigenvalue weighted by atomic mass is 9.85. The number of amides is 1. The van der Waals surface area contributed by atoms with Crippen LogP contribution in [0.4, 0.5) is 13.6 Å². The lowest BCUT2D eigenvalue weighted by Crippen LogP contribution is -2.43. The maximum atomic E-state index is 15.4. The number of nitriles is 1. The highest BCUT2D eigenvalue weighted by atomic mass is 35.5. The minimum absolute atomic E-state index is 0.0345. The first-order chi connectivity index (χ1) is 15.8. The Morgan fingerprint density at radius 2 is 2.00 bits per heavy atom. The van der Waals surface area contributed by atoms with Gasteiger partial charge in [-0.2, -0.15) is 5.26 Å². The van der Waals surface area contributed by atoms with Gasteiger partial charge in [0.15, 0.2) is 17.2 Å². The number of rotatable bonds is 5. The molecule has 0 radical (unpaired) electrons. The summed E-state index contributed by atoms with van der Waals surface area (Å²) in [6.07, 6.45) is -1.22. The molecule has 0 unspecified atom stereocenters. The minimum Gasteiger partial charge on any atom is -0.494 e. The molecule has 0 aromatic heterocycles. The lowest BCUT2D eigenvalue weighted by Gasteiger charge is -2.29. The van der Waals surface area contributed by atoms with Gasteiger partial charge in [-0.15, -0.1) is 0 Å². The van der Waals surface area contributed by atoms with Gasteiger partial charge in [0.1, 0.15) is 11.6 Å². The Morgan fingerprint density at radius 3 is 2.64 bits per heavy atom. The number of carbonyl (C=O) groups is 1. The Kier molecular flexibility index (Phi) is 5.83. The summed E-state index contributed by atoms with van der Waals surface area (Å²) in [6.45, 7) is -0.161. The van der Waals surface area contributed by atoms with Crippen molar-refractivity contribution in [3.8, 4) is 28.7 Å². The number of fused-ring (bicyclic) bond motifs is 1. The van der Waals surface area contributed by atoms with E-state index in [-0.39, 0.29) is 46.2 Å². The molecule has 0 bridgehead atoms. The van der Waals surface area contributed by atoms with Crippen LogP contribution in [0.15, 0.2) is 48.5 Å². The molecule has 1 heterocycles. The molecule has 9 heteroatoms. The van der Waals surface area contributed by atoms with Crippen molar-refractivity contribution in [1.29, 1.82) is 5.26 Å². The summed E-state index contributed by atoms with van der Waals surface area (Å²) in [4.78, 5) is 11.3. The van der Waals surface area contributed by atoms with Gasteiger partial charge in [0.05, 0.1) is 30.3 Å². The SMILES string of the molecule is COc1ccc(C#N)c(-c2c(Cl)c(F)cc3c2C[C@@](CNC(=O)O)(c2ccccc2)O3)c1F. The maximum absolute atomic E-state index is 15.4. The quantitative estimate of drug-likeness (QED) is 0.530. The van der Waals surface area contributed by atoms with E-state index in [1.54, 1.807) is 30.3 Å². The highest BCUT2D eigenvalue weighted by molar-refractivity contribution is 6.34. The van der Waals surface area contributed by atoms with E-state index in [2.05, 4.69) is 5.32 Å². The molecule has 0 spiro atoms. The summed E-state index contributed by atoms with van der Waals surface area (Å²) in [6, 6.07) is 14.4. The van der Waals surface area contributed by atoms with Crippen molar-refractivity contribution in [2.24, 2.45) is 0 Å². The second-order valence-corrected chi connectivity index (χ2v) is 7.82. The first-order valence-electron chi connectivity index (χ1n) is 9.80. The van der Waals surface area contributed by atoms with Gasteiger partial charge in [0, 0.05) is 29.2 Å². The summed E-state index contributed by atoms with van der Waals surface area (Å²) >= 11 is 6.32. The molecule has 168 valence electrons. The van der Waals surface area contributed by atoms with Gasteiger partial charge in [-0.25, -0.2) is 13.6 Å². The number of ether oxygens (including phenoxy) is 2. The van der Waals surface area contributed by atoms with Gasteiger partial charge in [-0.05, 0) is 17.7 Å². The van der Waals surface area contributed by atoms with Gasteiger partial charge in [-0.3, -0.25) is 0 Å². The van der Waals surface area contributed by atoms with E-state index in [9.17, 15) is 19.6 Å². The van der Waals surface area contributed by atoms with Crippen LogP contribution in [0.3, 0.4) is 0 Å². The first kappa shape index (κ1) is 22.4. The van der Waals surface area contributed by atoms with E-state index in [0.717, 1.165) is 6.07 Å². The lowest BCUT2D eigenvalue weighted by molar-refractivity contribution is 0.0896. The predicted octanol–water partition coefficient (Wildman–Crippen LogP) is 5.26. The van der Waals surface area contributed by atoms with Crippen LogP contribution in [-0.4, -0.2) is 24.9 Å². The maximum Gasteiger partial charge on any atom is 0.404 e. The van der Waals surface area contributed by atoms with Crippen molar-refractivity contribution in [3.63, 3.8) is 0 Å². The average Bonchev–Trinajstić information content (AvgIpc) is 3.18. The monoisotopic (exact) mass is 470 g/mol. The standard InChI is InChI=1S/C24H17ClF2N2O4/c1-32-17-8-7-13(11-28)19(22(17)27)20-15-10-24(12-29-23(30)31,14-5-3-2-4-6-14)33-18(15)9-16(26)21(20)25/h2-9,29H,10,12H2,1H3,(H,30,31)/t24-/m1/s1. The van der Waals surface area contributed by atoms with Gasteiger partial charge in [-0.1, -0.05) is 41.9 Å². The number of hydrogen-bond donors (Lipinski definition) is 2. The van der Waals surface area contributed by atoms with E-state index < -0.39 is 23.3 Å². The van der Waals surface area contributed by atoms with E-state index in [0.29, 0.717) is 11.1 Å². The van der Waals surface area contributed by atoms with Gasteiger partial charge >= 0.3 is 6.09 Å². The third-order valence-corrected chi connectivity index (χ3v) is 5.95. The van der Waals surface area contributed by atoms with Gasteiger partial charge in [0.2, 0.25) is 0 Å². The number of methoxy groups -OCH3 is 1. The average molecular weight is 471 g/mol. The van der Waals surface area contributed by atoms with Crippen LogP contribution in [0.25, 0.3) is 11.1 Å². The van der Waals surface area contributed by atoms with E-state index in [1.807, 2.05) is 6.07 Å². The third kappa shape index (κ3) is 3.81. The fourth-order valence-corrected chi connectivity index (χ4v) is 4.34. The largest absolute Gasteiger partial charge is 0.494 e. The van der Waals surface area contributed by atoms with Crippen LogP contribution < -0.4 is 14.8 Å². The molecule has 0 saturated carbocycles. The van der Waals surface area contributed by atoms with E-state index in [1.165, 1.54) is 19.2 Å². The number of nitrogens with zero attached hydrogens (tertiary/aromatic N) is 1. The molecule has 0 aliphatic carbocycles. The molecule has 1 aliphatic heterocycles. The Hall–Kier alpha value is -3.83. The van der Waals surface area contributed by atoms with Crippen molar-refractivity contribution >= 4 is 17.7 Å². The molecule has 1 atom stereocenters. The van der Waals surface area contributed by atoms with E-state index in [4.69, 9.17) is 21.1 Å². The van der Waals surface area contributed by atoms with Crippen molar-refractivity contribution in [3.05, 3.63) is 81.9 Å². The Morgan fingerprint density at radius 1 is 1.27 bits per heavy atom. The predicted molar refractivity (Wildman–Crippen MR) is 117 cm³/mol. The molecular formula is C24H17ClF2N2O4. The zero-order chi connectivity index (χ0) is 23.8. The number of halogens is 3. The van der Waals surface area contributed by atoms with Gasteiger partial charge in [0.25, 0.3) is 0 Å². The molecule has 2 N–H and O–H groups in total. The molecule has 4 rings (SSSR count). The molecule has 0 fully saturated rings. The van der Waals surface area contributed by atoms with Crippen molar-refractivity contribution in [2.45, 2.75) is 12.0 Å². The van der Waals surface area contributed by atoms with E-state index >= 15 is 4.39 Å². The van der Waals surface area contributed by atoms with Crippen LogP contribution in [0, 0.1) is 23.0 Å². The molecule has 1 amide bonds. The Bertz CT molecular complexity index is 1290. The summed E-state index contributed by atoms with van der Waals surface area (Å²) in [5, 5.41) is 20.7. The van der Waals surface area contributed by atoms with Crippen LogP contribution in [-0.2, 0) is 12.0 Å². The van der Waals surface area contributed by atoms with Crippen LogP contribution in [0.1, 0.15) is 16.7 Å². The fraction of sp³-hybridized carbons (Fsp3) is 0.167. The summed E-state index contributed by atoms with van der Waals surface area (Å²) in [5.74, 6) is -1.80. The zero-order valence-electron chi connectivity index (χ0n) is 17.3. The Balaban J connectivity index is 1.96. The minimum atomic E-state index is -1.26. The first-order valence-corrected chi connectivity index (χ1v) is 10.2. The topological polar surface area (TPSA) is 91.6 Å². The summed E-state index contributed by atoms with van der Waals surface area (Å²) in [5.41, 5.74) is -0.575. The fourth-order valence-electron chi connectivity index (χ4n) is 4.07. The highest BCUT2D eigenvalue weighted by Crippen LogP contribution is 2.50. The van der Waals surface area contributed by atoms with Crippen LogP contribution in [0.5, 0.6) is 11.5 Å². The van der Waals surface area contributed by atoms with Gasteiger partial charge < -0.3 is 19.9 Å². The Labute approximate surface area is 192 Å². The van der Waals surface area contributed by atoms with Crippen LogP contribution in [0.2, 0.25) is 5.02 Å². The number of hydrogen-bond acceptors (Lipinski definition) is 4. The smallest absolute Gasteiger partial charge is 0.404 e. The normalized spacial score (nSPS) is 16.5. The molecule has 3 aromatic carbocycles. The van der Waals surface area contributed by atoms with Crippen LogP contribution >= 0.6 is 11.6 Å². The second kappa shape index (κ2) is 8.60. The summed E-state index contributed by atoms with van der Waals surface area (Å²) in [7, 11) is 1.27. The van der Waals surface area contributed by atoms with Crippen molar-refractivity contribution in [1.82, 2.24) is 5.32 Å². The number of carboxylic acid groups (broad SMARTS) is 1. The molecule has 0 saturated heterocycles. The molecular weight excluding hydrogens is 454 g/mol. The molecule has 3 aromatic rings. The highest BCUT2D eigenvalue weighted by Gasteiger charge is 2.44. The molecule has 33 heavy (non-hydrogen) atoms. The van der Waals surface area contributed by atoms with Crippen molar-refractivity contribution in [2.75, 3.05) is 13.7 Å². The summed E-state index contributed by atoms with van der Waals surface area (Å²) < 4.78 is 41.4. The zero-order valence-corrected chi connectivity index (χ0v) is 18.0. The molecule has 6 nitrogen and oxygen atoms in total. The second-order valence-electron chi connectivity index (χ2n) is 7.44. The third-order valence-electron chi connectivity index (χ3n) is 5.58. The number of nitrogens with one attached hydrogen (secondary N) is 1.